The molecule has 0 N–H and O–H groups in total. The molecule has 0 saturated carbocycles. The molecule has 2 heterocycles. The highest BCUT2D eigenvalue weighted by Crippen LogP contribution is 2.22. The molecule has 0 bridgehead atoms. The Hall–Kier alpha value is -2.12. The number of rotatable bonds is 5. The molecule has 0 atom stereocenters. The van der Waals surface area contributed by atoms with Crippen LogP contribution in [0.4, 0.5) is 19.1 Å². The van der Waals surface area contributed by atoms with E-state index in [9.17, 15) is 13.2 Å². The van der Waals surface area contributed by atoms with E-state index in [1.165, 1.54) is 12.3 Å². The van der Waals surface area contributed by atoms with Crippen molar-refractivity contribution in [3.8, 4) is 0 Å². The lowest BCUT2D eigenvalue weighted by Gasteiger charge is -2.18. The summed E-state index contributed by atoms with van der Waals surface area (Å²) in [7, 11) is 3.69. The van der Waals surface area contributed by atoms with Crippen molar-refractivity contribution in [1.29, 1.82) is 0 Å². The summed E-state index contributed by atoms with van der Waals surface area (Å²) in [5.74, 6) is 0.410. The first-order chi connectivity index (χ1) is 10.7. The average molecular weight is 327 g/mol. The van der Waals surface area contributed by atoms with Gasteiger partial charge in [-0.2, -0.15) is 18.3 Å². The zero-order valence-corrected chi connectivity index (χ0v) is 13.6. The molecule has 0 radical (unpaired) electrons. The average Bonchev–Trinajstić information content (AvgIpc) is 2.71. The van der Waals surface area contributed by atoms with Gasteiger partial charge in [-0.25, -0.2) is 9.97 Å². The Bertz CT molecular complexity index is 678. The molecule has 8 heteroatoms. The van der Waals surface area contributed by atoms with Gasteiger partial charge < -0.3 is 4.90 Å². The standard InChI is InChI=1S/C15H20F3N5/c1-10-13(11(2)23(4)21-10)9-22(3)14-19-8-6-12(20-14)5-7-15(16,17)18/h6,8H,5,7,9H2,1-4H3. The van der Waals surface area contributed by atoms with Crippen molar-refractivity contribution in [3.63, 3.8) is 0 Å². The molecule has 5 nitrogen and oxygen atoms in total. The van der Waals surface area contributed by atoms with E-state index in [1.54, 1.807) is 4.68 Å². The molecular formula is C15H20F3N5. The van der Waals surface area contributed by atoms with Crippen molar-refractivity contribution in [3.05, 3.63) is 34.9 Å². The molecule has 0 aliphatic heterocycles. The van der Waals surface area contributed by atoms with Crippen molar-refractivity contribution < 1.29 is 13.2 Å². The van der Waals surface area contributed by atoms with Gasteiger partial charge in [0, 0.05) is 50.2 Å². The number of hydrogen-bond donors (Lipinski definition) is 0. The fraction of sp³-hybridized carbons (Fsp3) is 0.533. The van der Waals surface area contributed by atoms with Crippen LogP contribution < -0.4 is 4.90 Å². The molecule has 0 fully saturated rings. The number of halogens is 3. The first-order valence-electron chi connectivity index (χ1n) is 7.26. The van der Waals surface area contributed by atoms with Crippen LogP contribution in [0.15, 0.2) is 12.3 Å². The SMILES string of the molecule is Cc1nn(C)c(C)c1CN(C)c1nccc(CCC(F)(F)F)n1. The first kappa shape index (κ1) is 17.2. The minimum atomic E-state index is -4.18. The number of hydrogen-bond acceptors (Lipinski definition) is 4. The van der Waals surface area contributed by atoms with E-state index in [0.717, 1.165) is 17.0 Å². The van der Waals surface area contributed by atoms with E-state index in [4.69, 9.17) is 0 Å². The lowest BCUT2D eigenvalue weighted by molar-refractivity contribution is -0.134. The second kappa shape index (κ2) is 6.55. The monoisotopic (exact) mass is 327 g/mol. The molecular weight excluding hydrogens is 307 g/mol. The molecule has 0 amide bonds. The van der Waals surface area contributed by atoms with Gasteiger partial charge in [-0.3, -0.25) is 4.68 Å². The summed E-state index contributed by atoms with van der Waals surface area (Å²) < 4.78 is 38.8. The molecule has 126 valence electrons. The van der Waals surface area contributed by atoms with Crippen LogP contribution in [0.5, 0.6) is 0 Å². The quantitative estimate of drug-likeness (QED) is 0.847. The molecule has 0 aliphatic rings. The number of alkyl halides is 3. The van der Waals surface area contributed by atoms with E-state index in [-0.39, 0.29) is 6.42 Å². The van der Waals surface area contributed by atoms with Gasteiger partial charge in [0.15, 0.2) is 0 Å². The lowest BCUT2D eigenvalue weighted by Crippen LogP contribution is -2.20. The van der Waals surface area contributed by atoms with Crippen LogP contribution in [0.2, 0.25) is 0 Å². The van der Waals surface area contributed by atoms with E-state index in [2.05, 4.69) is 15.1 Å². The molecule has 2 aromatic rings. The Morgan fingerprint density at radius 1 is 1.26 bits per heavy atom. The topological polar surface area (TPSA) is 46.8 Å². The van der Waals surface area contributed by atoms with Crippen molar-refractivity contribution in [2.75, 3.05) is 11.9 Å². The maximum Gasteiger partial charge on any atom is 0.389 e. The summed E-state index contributed by atoms with van der Waals surface area (Å²) in [5, 5.41) is 4.36. The van der Waals surface area contributed by atoms with E-state index >= 15 is 0 Å². The maximum atomic E-state index is 12.3. The van der Waals surface area contributed by atoms with Gasteiger partial charge in [-0.1, -0.05) is 0 Å². The zero-order chi connectivity index (χ0) is 17.2. The predicted molar refractivity (Wildman–Crippen MR) is 81.2 cm³/mol. The van der Waals surface area contributed by atoms with Crippen LogP contribution in [0, 0.1) is 13.8 Å². The second-order valence-electron chi connectivity index (χ2n) is 5.59. The molecule has 0 aromatic carbocycles. The van der Waals surface area contributed by atoms with Crippen molar-refractivity contribution in [2.45, 2.75) is 39.4 Å². The highest BCUT2D eigenvalue weighted by atomic mass is 19.4. The van der Waals surface area contributed by atoms with Crippen LogP contribution >= 0.6 is 0 Å². The summed E-state index contributed by atoms with van der Waals surface area (Å²) in [6.45, 7) is 4.45. The van der Waals surface area contributed by atoms with Gasteiger partial charge in [0.1, 0.15) is 0 Å². The smallest absolute Gasteiger partial charge is 0.339 e. The van der Waals surface area contributed by atoms with Crippen molar-refractivity contribution >= 4 is 5.95 Å². The fourth-order valence-corrected chi connectivity index (χ4v) is 2.33. The van der Waals surface area contributed by atoms with Crippen LogP contribution in [-0.4, -0.2) is 33.0 Å². The number of nitrogens with zero attached hydrogens (tertiary/aromatic N) is 5. The minimum Gasteiger partial charge on any atom is -0.339 e. The zero-order valence-electron chi connectivity index (χ0n) is 13.6. The highest BCUT2D eigenvalue weighted by molar-refractivity contribution is 5.34. The number of anilines is 1. The Kier molecular flexibility index (Phi) is 4.91. The Morgan fingerprint density at radius 3 is 2.52 bits per heavy atom. The second-order valence-corrected chi connectivity index (χ2v) is 5.59. The molecule has 2 aromatic heterocycles. The van der Waals surface area contributed by atoms with E-state index in [0.29, 0.717) is 18.2 Å². The van der Waals surface area contributed by atoms with Gasteiger partial charge in [0.25, 0.3) is 0 Å². The molecule has 0 saturated heterocycles. The van der Waals surface area contributed by atoms with E-state index < -0.39 is 12.6 Å². The molecule has 0 unspecified atom stereocenters. The normalized spacial score (nSPS) is 11.8. The summed E-state index contributed by atoms with van der Waals surface area (Å²) in [6.07, 6.45) is -3.71. The summed E-state index contributed by atoms with van der Waals surface area (Å²) in [5.41, 5.74) is 3.42. The van der Waals surface area contributed by atoms with Crippen molar-refractivity contribution in [2.24, 2.45) is 7.05 Å². The van der Waals surface area contributed by atoms with Gasteiger partial charge >= 0.3 is 6.18 Å². The van der Waals surface area contributed by atoms with Gasteiger partial charge in [0.2, 0.25) is 5.95 Å². The Balaban J connectivity index is 2.12. The van der Waals surface area contributed by atoms with Gasteiger partial charge in [0.05, 0.1) is 5.69 Å². The van der Waals surface area contributed by atoms with Crippen LogP contribution in [0.25, 0.3) is 0 Å². The van der Waals surface area contributed by atoms with Crippen molar-refractivity contribution in [1.82, 2.24) is 19.7 Å². The predicted octanol–water partition coefficient (Wildman–Crippen LogP) is 2.96. The summed E-state index contributed by atoms with van der Waals surface area (Å²) in [4.78, 5) is 10.2. The van der Waals surface area contributed by atoms with Crippen LogP contribution in [0.3, 0.4) is 0 Å². The summed E-state index contributed by atoms with van der Waals surface area (Å²) >= 11 is 0. The van der Waals surface area contributed by atoms with Crippen LogP contribution in [0.1, 0.15) is 29.1 Å². The summed E-state index contributed by atoms with van der Waals surface area (Å²) in [6, 6.07) is 1.52. The number of aryl methyl sites for hydroxylation is 3. The van der Waals surface area contributed by atoms with Gasteiger partial charge in [-0.15, -0.1) is 0 Å². The van der Waals surface area contributed by atoms with E-state index in [1.807, 2.05) is 32.8 Å². The number of aromatic nitrogens is 4. The third-order valence-electron chi connectivity index (χ3n) is 3.76. The third-order valence-corrected chi connectivity index (χ3v) is 3.76. The third kappa shape index (κ3) is 4.43. The Morgan fingerprint density at radius 2 is 1.96 bits per heavy atom. The largest absolute Gasteiger partial charge is 0.389 e. The van der Waals surface area contributed by atoms with Crippen LogP contribution in [-0.2, 0) is 20.0 Å². The fourth-order valence-electron chi connectivity index (χ4n) is 2.33. The Labute approximate surface area is 133 Å². The van der Waals surface area contributed by atoms with Gasteiger partial charge in [-0.05, 0) is 26.3 Å². The molecule has 23 heavy (non-hydrogen) atoms. The molecule has 2 rings (SSSR count). The molecule has 0 aliphatic carbocycles. The lowest BCUT2D eigenvalue weighted by atomic mass is 10.2. The first-order valence-corrected chi connectivity index (χ1v) is 7.26. The minimum absolute atomic E-state index is 0.141. The maximum absolute atomic E-state index is 12.3. The highest BCUT2D eigenvalue weighted by Gasteiger charge is 2.26. The molecule has 0 spiro atoms.